The zero-order valence-corrected chi connectivity index (χ0v) is 17.6. The Morgan fingerprint density at radius 2 is 2.06 bits per heavy atom. The Kier molecular flexibility index (Phi) is 4.75. The maximum absolute atomic E-state index is 14.4. The van der Waals surface area contributed by atoms with Crippen LogP contribution in [0, 0.1) is 11.6 Å². The third-order valence-electron chi connectivity index (χ3n) is 5.38. The molecule has 0 amide bonds. The molecule has 1 aromatic carbocycles. The number of aromatic amines is 1. The molecule has 0 saturated carbocycles. The fourth-order valence-corrected chi connectivity index (χ4v) is 3.80. The predicted octanol–water partition coefficient (Wildman–Crippen LogP) is 3.20. The Morgan fingerprint density at radius 3 is 2.91 bits per heavy atom. The topological polar surface area (TPSA) is 111 Å². The van der Waals surface area contributed by atoms with E-state index in [1.54, 1.807) is 24.8 Å². The summed E-state index contributed by atoms with van der Waals surface area (Å²) in [6, 6.07) is 5.11. The molecule has 0 aliphatic carbocycles. The summed E-state index contributed by atoms with van der Waals surface area (Å²) in [5.41, 5.74) is 1.28. The van der Waals surface area contributed by atoms with Gasteiger partial charge in [0.05, 0.1) is 18.7 Å². The number of nitrogens with zero attached hydrogens (tertiary/aromatic N) is 7. The Labute approximate surface area is 191 Å². The van der Waals surface area contributed by atoms with Crippen LogP contribution < -0.4 is 10.1 Å². The first-order valence-corrected chi connectivity index (χ1v) is 10.4. The number of pyridine rings is 1. The van der Waals surface area contributed by atoms with Gasteiger partial charge in [-0.2, -0.15) is 5.10 Å². The molecule has 10 nitrogen and oxygen atoms in total. The lowest BCUT2D eigenvalue weighted by atomic mass is 10.2. The minimum atomic E-state index is -0.745. The summed E-state index contributed by atoms with van der Waals surface area (Å²) < 4.78 is 36.9. The first-order chi connectivity index (χ1) is 16.7. The monoisotopic (exact) mass is 461 g/mol. The lowest BCUT2D eigenvalue weighted by Gasteiger charge is -2.09. The molecule has 0 spiro atoms. The van der Waals surface area contributed by atoms with Crippen molar-refractivity contribution in [3.8, 4) is 34.3 Å². The number of hydrogen-bond acceptors (Lipinski definition) is 7. The van der Waals surface area contributed by atoms with E-state index in [0.29, 0.717) is 54.2 Å². The number of aromatic nitrogens is 8. The molecule has 1 aliphatic rings. The minimum absolute atomic E-state index is 0.0785. The van der Waals surface area contributed by atoms with Gasteiger partial charge in [0.25, 0.3) is 0 Å². The number of ether oxygens (including phenoxy) is 1. The lowest BCUT2D eigenvalue weighted by molar-refractivity contribution is 0.306. The normalized spacial score (nSPS) is 12.5. The summed E-state index contributed by atoms with van der Waals surface area (Å²) in [5, 5.41) is 7.32. The molecule has 0 saturated heterocycles. The van der Waals surface area contributed by atoms with E-state index in [1.165, 1.54) is 23.1 Å². The molecular weight excluding hydrogens is 444 g/mol. The van der Waals surface area contributed by atoms with E-state index in [9.17, 15) is 8.78 Å². The molecule has 0 unspecified atom stereocenters. The first kappa shape index (κ1) is 20.0. The highest BCUT2D eigenvalue weighted by molar-refractivity contribution is 5.69. The standard InChI is InChI=1S/C22H17F2N9O/c23-13-1-2-17(15(24)7-13)33-22(29-12-30-33)16-11-32-5-6-34-18-8-19(27-9-14(18)21(32)31-16)28-10-20-25-3-4-26-20/h1-4,7-9,11-12H,5-6,10H2,(H,25,26)(H,27,28). The second kappa shape index (κ2) is 8.06. The maximum atomic E-state index is 14.4. The number of hydrogen-bond donors (Lipinski definition) is 2. The Hall–Kier alpha value is -4.61. The summed E-state index contributed by atoms with van der Waals surface area (Å²) in [5.74, 6) is 1.63. The number of imidazole rings is 2. The number of benzene rings is 1. The number of H-pyrrole nitrogens is 1. The predicted molar refractivity (Wildman–Crippen MR) is 117 cm³/mol. The van der Waals surface area contributed by atoms with Gasteiger partial charge in [0.2, 0.25) is 0 Å². The van der Waals surface area contributed by atoms with Gasteiger partial charge in [0, 0.05) is 36.9 Å². The van der Waals surface area contributed by atoms with E-state index in [0.717, 1.165) is 11.9 Å². The fourth-order valence-electron chi connectivity index (χ4n) is 3.80. The van der Waals surface area contributed by atoms with Gasteiger partial charge in [0.15, 0.2) is 11.6 Å². The van der Waals surface area contributed by atoms with Gasteiger partial charge >= 0.3 is 0 Å². The molecule has 34 heavy (non-hydrogen) atoms. The molecule has 6 rings (SSSR count). The molecular formula is C22H17F2N9O. The van der Waals surface area contributed by atoms with Crippen LogP contribution in [0.5, 0.6) is 5.75 Å². The zero-order chi connectivity index (χ0) is 23.1. The molecule has 2 N–H and O–H groups in total. The van der Waals surface area contributed by atoms with Gasteiger partial charge in [-0.15, -0.1) is 0 Å². The summed E-state index contributed by atoms with van der Waals surface area (Å²) in [6.45, 7) is 1.47. The van der Waals surface area contributed by atoms with Gasteiger partial charge in [-0.3, -0.25) is 0 Å². The molecule has 0 fully saturated rings. The van der Waals surface area contributed by atoms with Gasteiger partial charge in [-0.1, -0.05) is 0 Å². The summed E-state index contributed by atoms with van der Waals surface area (Å²) in [6.07, 6.45) is 8.25. The second-order valence-electron chi connectivity index (χ2n) is 7.54. The van der Waals surface area contributed by atoms with Crippen LogP contribution in [0.2, 0.25) is 0 Å². The van der Waals surface area contributed by atoms with E-state index in [2.05, 4.69) is 30.4 Å². The summed E-state index contributed by atoms with van der Waals surface area (Å²) >= 11 is 0. The smallest absolute Gasteiger partial charge is 0.183 e. The average molecular weight is 461 g/mol. The molecule has 4 aromatic heterocycles. The van der Waals surface area contributed by atoms with Crippen LogP contribution in [0.15, 0.2) is 55.4 Å². The molecule has 5 aromatic rings. The quantitative estimate of drug-likeness (QED) is 0.413. The van der Waals surface area contributed by atoms with Crippen LogP contribution in [0.3, 0.4) is 0 Å². The van der Waals surface area contributed by atoms with Crippen molar-refractivity contribution in [2.45, 2.75) is 13.1 Å². The van der Waals surface area contributed by atoms with Crippen molar-refractivity contribution in [3.05, 3.63) is 72.8 Å². The van der Waals surface area contributed by atoms with Crippen molar-refractivity contribution >= 4 is 5.82 Å². The minimum Gasteiger partial charge on any atom is -0.491 e. The van der Waals surface area contributed by atoms with E-state index in [4.69, 9.17) is 9.72 Å². The molecule has 0 bridgehead atoms. The fraction of sp³-hybridized carbons (Fsp3) is 0.136. The van der Waals surface area contributed by atoms with Gasteiger partial charge in [-0.05, 0) is 12.1 Å². The number of anilines is 1. The van der Waals surface area contributed by atoms with Crippen LogP contribution in [0.1, 0.15) is 5.82 Å². The van der Waals surface area contributed by atoms with E-state index in [-0.39, 0.29) is 5.69 Å². The highest BCUT2D eigenvalue weighted by Gasteiger charge is 2.23. The van der Waals surface area contributed by atoms with Crippen LogP contribution >= 0.6 is 0 Å². The van der Waals surface area contributed by atoms with E-state index >= 15 is 0 Å². The van der Waals surface area contributed by atoms with Gasteiger partial charge in [0.1, 0.15) is 53.3 Å². The molecule has 0 radical (unpaired) electrons. The maximum Gasteiger partial charge on any atom is 0.183 e. The Balaban J connectivity index is 1.34. The largest absolute Gasteiger partial charge is 0.491 e. The second-order valence-corrected chi connectivity index (χ2v) is 7.54. The van der Waals surface area contributed by atoms with Crippen molar-refractivity contribution in [1.82, 2.24) is 39.3 Å². The van der Waals surface area contributed by atoms with Crippen molar-refractivity contribution in [1.29, 1.82) is 0 Å². The van der Waals surface area contributed by atoms with Gasteiger partial charge in [-0.25, -0.2) is 33.4 Å². The molecule has 0 atom stereocenters. The third-order valence-corrected chi connectivity index (χ3v) is 5.38. The van der Waals surface area contributed by atoms with Crippen molar-refractivity contribution < 1.29 is 13.5 Å². The zero-order valence-electron chi connectivity index (χ0n) is 17.6. The SMILES string of the molecule is Fc1ccc(-n2ncnc2-c2cn3c(n2)-c2cnc(NCc4ncc[nH]4)cc2OCC3)c(F)c1. The van der Waals surface area contributed by atoms with Crippen LogP contribution in [-0.2, 0) is 13.1 Å². The molecule has 5 heterocycles. The van der Waals surface area contributed by atoms with Crippen LogP contribution in [-0.4, -0.2) is 45.9 Å². The van der Waals surface area contributed by atoms with Crippen LogP contribution in [0.25, 0.3) is 28.6 Å². The summed E-state index contributed by atoms with van der Waals surface area (Å²) in [4.78, 5) is 20.7. The van der Waals surface area contributed by atoms with Crippen LogP contribution in [0.4, 0.5) is 14.6 Å². The number of fused-ring (bicyclic) bond motifs is 3. The van der Waals surface area contributed by atoms with E-state index < -0.39 is 11.6 Å². The van der Waals surface area contributed by atoms with Crippen molar-refractivity contribution in [3.63, 3.8) is 0 Å². The van der Waals surface area contributed by atoms with Gasteiger partial charge < -0.3 is 19.6 Å². The Bertz CT molecular complexity index is 1480. The highest BCUT2D eigenvalue weighted by atomic mass is 19.1. The van der Waals surface area contributed by atoms with Crippen molar-refractivity contribution in [2.75, 3.05) is 11.9 Å². The molecule has 170 valence electrons. The summed E-state index contributed by atoms with van der Waals surface area (Å²) in [7, 11) is 0. The molecule has 1 aliphatic heterocycles. The molecule has 12 heteroatoms. The van der Waals surface area contributed by atoms with E-state index in [1.807, 2.05) is 10.6 Å². The Morgan fingerprint density at radius 1 is 1.12 bits per heavy atom. The number of rotatable bonds is 5. The average Bonchev–Trinajstić information content (AvgIpc) is 3.58. The number of nitrogens with one attached hydrogen (secondary N) is 2. The third kappa shape index (κ3) is 3.54. The highest BCUT2D eigenvalue weighted by Crippen LogP contribution is 2.34. The van der Waals surface area contributed by atoms with Crippen molar-refractivity contribution in [2.24, 2.45) is 0 Å². The number of halogens is 2. The first-order valence-electron chi connectivity index (χ1n) is 10.4. The lowest BCUT2D eigenvalue weighted by Crippen LogP contribution is -2.05.